The highest BCUT2D eigenvalue weighted by molar-refractivity contribution is 6.30. The zero-order chi connectivity index (χ0) is 25.3. The maximum Gasteiger partial charge on any atom is 0.274 e. The van der Waals surface area contributed by atoms with E-state index in [-0.39, 0.29) is 35.8 Å². The van der Waals surface area contributed by atoms with Gasteiger partial charge < -0.3 is 20.1 Å². The van der Waals surface area contributed by atoms with Crippen LogP contribution in [0.15, 0.2) is 60.9 Å². The van der Waals surface area contributed by atoms with Gasteiger partial charge in [-0.05, 0) is 49.4 Å². The monoisotopic (exact) mass is 505 g/mol. The predicted octanol–water partition coefficient (Wildman–Crippen LogP) is 3.20. The quantitative estimate of drug-likeness (QED) is 0.491. The number of halogens is 1. The van der Waals surface area contributed by atoms with Crippen LogP contribution in [0.25, 0.3) is 0 Å². The number of amides is 3. The second kappa shape index (κ2) is 9.78. The predicted molar refractivity (Wildman–Crippen MR) is 136 cm³/mol. The normalized spacial score (nSPS) is 19.1. The van der Waals surface area contributed by atoms with Crippen LogP contribution in [0.1, 0.15) is 51.9 Å². The van der Waals surface area contributed by atoms with Crippen molar-refractivity contribution >= 4 is 29.3 Å². The van der Waals surface area contributed by atoms with Crippen molar-refractivity contribution in [2.75, 3.05) is 6.54 Å². The molecule has 186 valence electrons. The Bertz CT molecular complexity index is 1290. The van der Waals surface area contributed by atoms with Gasteiger partial charge in [-0.3, -0.25) is 14.4 Å². The molecule has 36 heavy (non-hydrogen) atoms. The van der Waals surface area contributed by atoms with E-state index in [9.17, 15) is 14.4 Å². The molecule has 2 aliphatic rings. The Morgan fingerprint density at radius 2 is 1.78 bits per heavy atom. The lowest BCUT2D eigenvalue weighted by atomic mass is 9.93. The Morgan fingerprint density at radius 1 is 1.06 bits per heavy atom. The van der Waals surface area contributed by atoms with E-state index in [1.54, 1.807) is 16.4 Å². The van der Waals surface area contributed by atoms with E-state index in [1.165, 1.54) is 6.33 Å². The molecule has 1 fully saturated rings. The van der Waals surface area contributed by atoms with Crippen LogP contribution >= 0.6 is 11.6 Å². The summed E-state index contributed by atoms with van der Waals surface area (Å²) >= 11 is 5.93. The molecule has 1 atom stereocenters. The fourth-order valence-electron chi connectivity index (χ4n) is 4.75. The Labute approximate surface area is 214 Å². The van der Waals surface area contributed by atoms with E-state index in [0.717, 1.165) is 24.0 Å². The first-order valence-electron chi connectivity index (χ1n) is 12.1. The zero-order valence-corrected chi connectivity index (χ0v) is 20.8. The highest BCUT2D eigenvalue weighted by Crippen LogP contribution is 2.38. The summed E-state index contributed by atoms with van der Waals surface area (Å²) in [7, 11) is 0. The van der Waals surface area contributed by atoms with Gasteiger partial charge in [0.25, 0.3) is 11.8 Å². The van der Waals surface area contributed by atoms with Crippen LogP contribution in [0.3, 0.4) is 0 Å². The average Bonchev–Trinajstić information content (AvgIpc) is 3.61. The van der Waals surface area contributed by atoms with Gasteiger partial charge in [0, 0.05) is 24.2 Å². The van der Waals surface area contributed by atoms with Crippen molar-refractivity contribution in [2.45, 2.75) is 50.9 Å². The fourth-order valence-corrected chi connectivity index (χ4v) is 4.87. The number of nitrogens with one attached hydrogen (secondary N) is 2. The fraction of sp³-hybridized carbons (Fsp3) is 0.333. The summed E-state index contributed by atoms with van der Waals surface area (Å²) in [5.41, 5.74) is 1.27. The molecule has 2 aromatic carbocycles. The molecule has 0 spiro atoms. The highest BCUT2D eigenvalue weighted by Gasteiger charge is 2.53. The number of aromatic nitrogens is 2. The van der Waals surface area contributed by atoms with Crippen LogP contribution in [0.4, 0.5) is 0 Å². The minimum atomic E-state index is -1.08. The number of fused-ring (bicyclic) bond motifs is 1. The summed E-state index contributed by atoms with van der Waals surface area (Å²) < 4.78 is 1.64. The molecule has 3 amide bonds. The first-order valence-corrected chi connectivity index (χ1v) is 12.5. The zero-order valence-electron chi connectivity index (χ0n) is 20.0. The van der Waals surface area contributed by atoms with Crippen molar-refractivity contribution in [3.05, 3.63) is 88.5 Å². The Hall–Kier alpha value is -3.65. The van der Waals surface area contributed by atoms with Gasteiger partial charge in [-0.15, -0.1) is 0 Å². The lowest BCUT2D eigenvalue weighted by molar-refractivity contribution is -0.133. The first-order chi connectivity index (χ1) is 17.4. The van der Waals surface area contributed by atoms with Gasteiger partial charge in [-0.25, -0.2) is 4.98 Å². The van der Waals surface area contributed by atoms with Gasteiger partial charge in [-0.2, -0.15) is 0 Å². The van der Waals surface area contributed by atoms with Gasteiger partial charge in [-0.1, -0.05) is 54.1 Å². The van der Waals surface area contributed by atoms with Crippen molar-refractivity contribution in [2.24, 2.45) is 0 Å². The molecule has 1 aliphatic carbocycles. The molecule has 8 nitrogen and oxygen atoms in total. The lowest BCUT2D eigenvalue weighted by Gasteiger charge is -2.44. The summed E-state index contributed by atoms with van der Waals surface area (Å²) in [4.78, 5) is 46.0. The largest absolute Gasteiger partial charge is 0.350 e. The third-order valence-corrected chi connectivity index (χ3v) is 7.05. The maximum atomic E-state index is 13.7. The molecule has 1 saturated carbocycles. The molecule has 9 heteroatoms. The smallest absolute Gasteiger partial charge is 0.274 e. The van der Waals surface area contributed by atoms with Crippen molar-refractivity contribution in [1.82, 2.24) is 25.1 Å². The standard InChI is InChI=1S/C27H28ClN5O3/c1-27(26(36)30-15-19-5-3-2-4-6-19)16-32-17-31-22(23(32)25(35)33(27)21-11-12-21)24(34)29-14-13-18-7-9-20(28)10-8-18/h2-10,17,21H,11-16H2,1H3,(H,29,34)(H,30,36)/t27-/m0/s1. The lowest BCUT2D eigenvalue weighted by Crippen LogP contribution is -2.64. The number of imidazole rings is 1. The summed E-state index contributed by atoms with van der Waals surface area (Å²) in [6.07, 6.45) is 3.78. The SMILES string of the molecule is C[C@@]1(C(=O)NCc2ccccc2)Cn2cnc(C(=O)NCCc3ccc(Cl)cc3)c2C(=O)N1C1CC1. The summed E-state index contributed by atoms with van der Waals surface area (Å²) in [5, 5.41) is 6.52. The number of hydrogen-bond acceptors (Lipinski definition) is 4. The molecule has 0 saturated heterocycles. The van der Waals surface area contributed by atoms with Crippen LogP contribution in [0, 0.1) is 0 Å². The van der Waals surface area contributed by atoms with Crippen LogP contribution < -0.4 is 10.6 Å². The van der Waals surface area contributed by atoms with E-state index in [4.69, 9.17) is 11.6 Å². The van der Waals surface area contributed by atoms with E-state index in [0.29, 0.717) is 24.5 Å². The van der Waals surface area contributed by atoms with Crippen molar-refractivity contribution < 1.29 is 14.4 Å². The summed E-state index contributed by atoms with van der Waals surface area (Å²) in [6, 6.07) is 17.1. The minimum Gasteiger partial charge on any atom is -0.350 e. The van der Waals surface area contributed by atoms with Crippen molar-refractivity contribution in [3.8, 4) is 0 Å². The summed E-state index contributed by atoms with van der Waals surface area (Å²) in [5.74, 6) is -0.958. The Balaban J connectivity index is 1.31. The molecule has 0 bridgehead atoms. The third-order valence-electron chi connectivity index (χ3n) is 6.79. The average molecular weight is 506 g/mol. The van der Waals surface area contributed by atoms with E-state index >= 15 is 0 Å². The van der Waals surface area contributed by atoms with Crippen molar-refractivity contribution in [1.29, 1.82) is 0 Å². The van der Waals surface area contributed by atoms with Gasteiger partial charge in [0.2, 0.25) is 5.91 Å². The molecular weight excluding hydrogens is 478 g/mol. The highest BCUT2D eigenvalue weighted by atomic mass is 35.5. The van der Waals surface area contributed by atoms with E-state index in [2.05, 4.69) is 15.6 Å². The van der Waals surface area contributed by atoms with Crippen LogP contribution in [-0.2, 0) is 24.3 Å². The number of carbonyl (C=O) groups excluding carboxylic acids is 3. The van der Waals surface area contributed by atoms with Crippen LogP contribution in [0.2, 0.25) is 5.02 Å². The number of rotatable bonds is 8. The van der Waals surface area contributed by atoms with E-state index in [1.807, 2.05) is 54.6 Å². The molecule has 2 N–H and O–H groups in total. The van der Waals surface area contributed by atoms with Gasteiger partial charge in [0.05, 0.1) is 12.9 Å². The third kappa shape index (κ3) is 4.73. The summed E-state index contributed by atoms with van der Waals surface area (Å²) in [6.45, 7) is 2.79. The second-order valence-corrected chi connectivity index (χ2v) is 9.99. The van der Waals surface area contributed by atoms with Gasteiger partial charge >= 0.3 is 0 Å². The van der Waals surface area contributed by atoms with Crippen LogP contribution in [-0.4, -0.2) is 50.3 Å². The number of nitrogens with zero attached hydrogens (tertiary/aromatic N) is 3. The molecule has 0 radical (unpaired) electrons. The molecule has 3 aromatic rings. The minimum absolute atomic E-state index is 0.0190. The molecule has 1 aromatic heterocycles. The topological polar surface area (TPSA) is 96.3 Å². The Morgan fingerprint density at radius 3 is 2.47 bits per heavy atom. The molecule has 0 unspecified atom stereocenters. The second-order valence-electron chi connectivity index (χ2n) is 9.55. The number of hydrogen-bond donors (Lipinski definition) is 2. The van der Waals surface area contributed by atoms with Gasteiger partial charge in [0.15, 0.2) is 5.69 Å². The number of benzene rings is 2. The Kier molecular flexibility index (Phi) is 6.53. The maximum absolute atomic E-state index is 13.7. The molecule has 2 heterocycles. The van der Waals surface area contributed by atoms with Crippen LogP contribution in [0.5, 0.6) is 0 Å². The van der Waals surface area contributed by atoms with Crippen molar-refractivity contribution in [3.63, 3.8) is 0 Å². The first kappa shape index (κ1) is 24.1. The molecular formula is C27H28ClN5O3. The molecule has 1 aliphatic heterocycles. The van der Waals surface area contributed by atoms with Gasteiger partial charge in [0.1, 0.15) is 11.2 Å². The number of carbonyl (C=O) groups is 3. The molecule has 5 rings (SSSR count). The van der Waals surface area contributed by atoms with E-state index < -0.39 is 11.4 Å².